The lowest BCUT2D eigenvalue weighted by molar-refractivity contribution is 1.04. The molecule has 0 aliphatic heterocycles. The Bertz CT molecular complexity index is 565. The third-order valence-corrected chi connectivity index (χ3v) is 2.82. The SMILES string of the molecule is CCc1cccnc1-c1ncc(Br)c(=O)[nH]1. The number of H-pyrrole nitrogens is 1. The van der Waals surface area contributed by atoms with E-state index in [1.807, 2.05) is 19.1 Å². The topological polar surface area (TPSA) is 58.6 Å². The summed E-state index contributed by atoms with van der Waals surface area (Å²) in [6.45, 7) is 2.04. The molecule has 0 atom stereocenters. The molecule has 5 heteroatoms. The van der Waals surface area contributed by atoms with E-state index in [1.165, 1.54) is 6.20 Å². The van der Waals surface area contributed by atoms with Gasteiger partial charge < -0.3 is 4.98 Å². The van der Waals surface area contributed by atoms with Gasteiger partial charge >= 0.3 is 0 Å². The molecule has 0 bridgehead atoms. The van der Waals surface area contributed by atoms with Crippen molar-refractivity contribution in [2.45, 2.75) is 13.3 Å². The second-order valence-electron chi connectivity index (χ2n) is 3.27. The van der Waals surface area contributed by atoms with Gasteiger partial charge in [-0.2, -0.15) is 0 Å². The lowest BCUT2D eigenvalue weighted by Crippen LogP contribution is -2.10. The van der Waals surface area contributed by atoms with Gasteiger partial charge in [0.1, 0.15) is 10.2 Å². The van der Waals surface area contributed by atoms with Crippen LogP contribution < -0.4 is 5.56 Å². The van der Waals surface area contributed by atoms with E-state index in [1.54, 1.807) is 6.20 Å². The summed E-state index contributed by atoms with van der Waals surface area (Å²) in [5.41, 5.74) is 1.60. The first kappa shape index (κ1) is 11.0. The highest BCUT2D eigenvalue weighted by Gasteiger charge is 2.07. The highest BCUT2D eigenvalue weighted by Crippen LogP contribution is 2.16. The van der Waals surface area contributed by atoms with E-state index in [2.05, 4.69) is 30.9 Å². The zero-order valence-electron chi connectivity index (χ0n) is 8.70. The van der Waals surface area contributed by atoms with Gasteiger partial charge in [0.25, 0.3) is 5.56 Å². The van der Waals surface area contributed by atoms with Crippen LogP contribution in [0.3, 0.4) is 0 Å². The van der Waals surface area contributed by atoms with E-state index in [4.69, 9.17) is 0 Å². The van der Waals surface area contributed by atoms with Crippen molar-refractivity contribution in [3.63, 3.8) is 0 Å². The molecule has 4 nitrogen and oxygen atoms in total. The number of aryl methyl sites for hydroxylation is 1. The quantitative estimate of drug-likeness (QED) is 0.917. The van der Waals surface area contributed by atoms with E-state index in [0.29, 0.717) is 10.3 Å². The third kappa shape index (κ3) is 2.04. The summed E-state index contributed by atoms with van der Waals surface area (Å²) in [5, 5.41) is 0. The van der Waals surface area contributed by atoms with Crippen LogP contribution in [0.4, 0.5) is 0 Å². The van der Waals surface area contributed by atoms with Gasteiger partial charge in [0.05, 0.1) is 0 Å². The molecule has 1 N–H and O–H groups in total. The average molecular weight is 280 g/mol. The Balaban J connectivity index is 2.58. The number of pyridine rings is 1. The average Bonchev–Trinajstić information content (AvgIpc) is 2.32. The largest absolute Gasteiger partial charge is 0.304 e. The van der Waals surface area contributed by atoms with E-state index < -0.39 is 0 Å². The number of rotatable bonds is 2. The summed E-state index contributed by atoms with van der Waals surface area (Å²) >= 11 is 3.11. The minimum Gasteiger partial charge on any atom is -0.304 e. The Hall–Kier alpha value is -1.49. The third-order valence-electron chi connectivity index (χ3n) is 2.25. The maximum absolute atomic E-state index is 11.4. The maximum atomic E-state index is 11.4. The van der Waals surface area contributed by atoms with Crippen molar-refractivity contribution in [1.82, 2.24) is 15.0 Å². The second-order valence-corrected chi connectivity index (χ2v) is 4.13. The molecular weight excluding hydrogens is 270 g/mol. The summed E-state index contributed by atoms with van der Waals surface area (Å²) < 4.78 is 0.422. The molecular formula is C11H10BrN3O. The first-order chi connectivity index (χ1) is 7.72. The molecule has 0 radical (unpaired) electrons. The van der Waals surface area contributed by atoms with Crippen LogP contribution in [0.1, 0.15) is 12.5 Å². The van der Waals surface area contributed by atoms with Crippen molar-refractivity contribution >= 4 is 15.9 Å². The van der Waals surface area contributed by atoms with Gasteiger partial charge in [0, 0.05) is 12.4 Å². The van der Waals surface area contributed by atoms with Crippen LogP contribution in [-0.2, 0) is 6.42 Å². The normalized spacial score (nSPS) is 10.4. The summed E-state index contributed by atoms with van der Waals surface area (Å²) in [6, 6.07) is 3.85. The van der Waals surface area contributed by atoms with Crippen LogP contribution in [0.25, 0.3) is 11.5 Å². The highest BCUT2D eigenvalue weighted by atomic mass is 79.9. The molecule has 0 saturated heterocycles. The highest BCUT2D eigenvalue weighted by molar-refractivity contribution is 9.10. The van der Waals surface area contributed by atoms with Gasteiger partial charge in [-0.15, -0.1) is 0 Å². The first-order valence-electron chi connectivity index (χ1n) is 4.91. The number of aromatic amines is 1. The summed E-state index contributed by atoms with van der Waals surface area (Å²) in [5.74, 6) is 0.505. The smallest absolute Gasteiger partial charge is 0.265 e. The fourth-order valence-corrected chi connectivity index (χ4v) is 1.64. The van der Waals surface area contributed by atoms with E-state index in [0.717, 1.165) is 17.7 Å². The lowest BCUT2D eigenvalue weighted by Gasteiger charge is -2.04. The molecule has 0 spiro atoms. The molecule has 2 heterocycles. The molecule has 2 rings (SSSR count). The van der Waals surface area contributed by atoms with E-state index in [-0.39, 0.29) is 5.56 Å². The maximum Gasteiger partial charge on any atom is 0.265 e. The van der Waals surface area contributed by atoms with Crippen molar-refractivity contribution in [1.29, 1.82) is 0 Å². The van der Waals surface area contributed by atoms with Crippen LogP contribution in [-0.4, -0.2) is 15.0 Å². The van der Waals surface area contributed by atoms with E-state index >= 15 is 0 Å². The van der Waals surface area contributed by atoms with E-state index in [9.17, 15) is 4.79 Å². The van der Waals surface area contributed by atoms with Crippen molar-refractivity contribution < 1.29 is 0 Å². The number of hydrogen-bond donors (Lipinski definition) is 1. The predicted octanol–water partition coefficient (Wildman–Crippen LogP) is 2.16. The van der Waals surface area contributed by atoms with Crippen molar-refractivity contribution in [2.75, 3.05) is 0 Å². The molecule has 0 unspecified atom stereocenters. The number of hydrogen-bond acceptors (Lipinski definition) is 3. The molecule has 2 aromatic heterocycles. The van der Waals surface area contributed by atoms with Gasteiger partial charge in [-0.1, -0.05) is 13.0 Å². The number of nitrogens with zero attached hydrogens (tertiary/aromatic N) is 2. The number of nitrogens with one attached hydrogen (secondary N) is 1. The number of halogens is 1. The van der Waals surface area contributed by atoms with Gasteiger partial charge in [-0.3, -0.25) is 9.78 Å². The van der Waals surface area contributed by atoms with Crippen LogP contribution >= 0.6 is 15.9 Å². The first-order valence-corrected chi connectivity index (χ1v) is 5.70. The number of aromatic nitrogens is 3. The van der Waals surface area contributed by atoms with Crippen molar-refractivity contribution in [3.8, 4) is 11.5 Å². The molecule has 0 aliphatic rings. The Morgan fingerprint density at radius 3 is 2.94 bits per heavy atom. The Kier molecular flexibility index (Phi) is 3.14. The van der Waals surface area contributed by atoms with Crippen LogP contribution in [0.5, 0.6) is 0 Å². The fraction of sp³-hybridized carbons (Fsp3) is 0.182. The molecule has 2 aromatic rings. The zero-order chi connectivity index (χ0) is 11.5. The minimum atomic E-state index is -0.197. The molecule has 0 aliphatic carbocycles. The summed E-state index contributed by atoms with van der Waals surface area (Å²) in [6.07, 6.45) is 4.03. The van der Waals surface area contributed by atoms with Gasteiger partial charge in [-0.05, 0) is 34.0 Å². The summed E-state index contributed by atoms with van der Waals surface area (Å²) in [7, 11) is 0. The Morgan fingerprint density at radius 1 is 1.44 bits per heavy atom. The van der Waals surface area contributed by atoms with Crippen LogP contribution in [0, 0.1) is 0 Å². The Labute approximate surface area is 101 Å². The second kappa shape index (κ2) is 4.57. The predicted molar refractivity (Wildman–Crippen MR) is 65.2 cm³/mol. The minimum absolute atomic E-state index is 0.197. The molecule has 0 amide bonds. The Morgan fingerprint density at radius 2 is 2.25 bits per heavy atom. The molecule has 0 aromatic carbocycles. The molecule has 82 valence electrons. The standard InChI is InChI=1S/C11H10BrN3O/c1-2-7-4-3-5-13-9(7)10-14-6-8(12)11(16)15-10/h3-6H,2H2,1H3,(H,14,15,16). The van der Waals surface area contributed by atoms with Crippen molar-refractivity contribution in [2.24, 2.45) is 0 Å². The lowest BCUT2D eigenvalue weighted by atomic mass is 10.1. The van der Waals surface area contributed by atoms with Crippen molar-refractivity contribution in [3.05, 3.63) is 44.9 Å². The summed E-state index contributed by atoms with van der Waals surface area (Å²) in [4.78, 5) is 22.5. The fourth-order valence-electron chi connectivity index (χ4n) is 1.44. The molecule has 16 heavy (non-hydrogen) atoms. The van der Waals surface area contributed by atoms with Gasteiger partial charge in [0.15, 0.2) is 5.82 Å². The van der Waals surface area contributed by atoms with Gasteiger partial charge in [0.2, 0.25) is 0 Å². The zero-order valence-corrected chi connectivity index (χ0v) is 10.3. The van der Waals surface area contributed by atoms with Crippen LogP contribution in [0.2, 0.25) is 0 Å². The van der Waals surface area contributed by atoms with Crippen LogP contribution in [0.15, 0.2) is 33.8 Å². The molecule has 0 fully saturated rings. The van der Waals surface area contributed by atoms with Gasteiger partial charge in [-0.25, -0.2) is 4.98 Å². The molecule has 0 saturated carbocycles. The monoisotopic (exact) mass is 279 g/mol.